The van der Waals surface area contributed by atoms with Crippen LogP contribution in [0, 0.1) is 0 Å². The number of nitrogens with one attached hydrogen (secondary N) is 1. The predicted octanol–water partition coefficient (Wildman–Crippen LogP) is 1.32. The van der Waals surface area contributed by atoms with Crippen LogP contribution >= 0.6 is 12.4 Å². The van der Waals surface area contributed by atoms with Crippen molar-refractivity contribution in [2.24, 2.45) is 5.73 Å². The van der Waals surface area contributed by atoms with Gasteiger partial charge in [-0.3, -0.25) is 9.59 Å². The number of carbonyl (C=O) groups excluding carboxylic acids is 2. The Balaban J connectivity index is 0.00000361. The van der Waals surface area contributed by atoms with Gasteiger partial charge in [-0.1, -0.05) is 18.2 Å². The number of amides is 2. The van der Waals surface area contributed by atoms with Gasteiger partial charge < -0.3 is 16.0 Å². The van der Waals surface area contributed by atoms with Gasteiger partial charge >= 0.3 is 0 Å². The van der Waals surface area contributed by atoms with Gasteiger partial charge in [0.05, 0.1) is 0 Å². The lowest BCUT2D eigenvalue weighted by Gasteiger charge is -2.22. The summed E-state index contributed by atoms with van der Waals surface area (Å²) in [6.45, 7) is 1.13. The minimum Gasteiger partial charge on any atom is -0.370 e. The largest absolute Gasteiger partial charge is 0.370 e. The highest BCUT2D eigenvalue weighted by atomic mass is 35.5. The molecule has 5 nitrogen and oxygen atoms in total. The summed E-state index contributed by atoms with van der Waals surface area (Å²) in [4.78, 5) is 24.7. The first-order valence-electron chi connectivity index (χ1n) is 6.43. The van der Waals surface area contributed by atoms with Gasteiger partial charge in [0.25, 0.3) is 0 Å². The molecule has 3 N–H and O–H groups in total. The maximum absolute atomic E-state index is 12.2. The highest BCUT2D eigenvalue weighted by Crippen LogP contribution is 2.15. The third-order valence-electron chi connectivity index (χ3n) is 2.77. The summed E-state index contributed by atoms with van der Waals surface area (Å²) in [5, 5.41) is 3.01. The molecule has 0 spiro atoms. The summed E-state index contributed by atoms with van der Waals surface area (Å²) >= 11 is 0. The lowest BCUT2D eigenvalue weighted by atomic mass is 10.2. The number of hydrogen-bond donors (Lipinski definition) is 2. The molecule has 0 saturated heterocycles. The van der Waals surface area contributed by atoms with Gasteiger partial charge in [-0.25, -0.2) is 0 Å². The van der Waals surface area contributed by atoms with Crippen molar-refractivity contribution in [1.29, 1.82) is 0 Å². The number of benzene rings is 1. The van der Waals surface area contributed by atoms with Crippen molar-refractivity contribution >= 4 is 29.9 Å². The Kier molecular flexibility index (Phi) is 9.41. The summed E-state index contributed by atoms with van der Waals surface area (Å²) in [5.41, 5.74) is 5.96. The molecule has 0 aliphatic rings. The molecule has 1 aromatic carbocycles. The fourth-order valence-electron chi connectivity index (χ4n) is 1.78. The van der Waals surface area contributed by atoms with E-state index in [0.29, 0.717) is 13.0 Å². The Bertz CT molecular complexity index is 412. The zero-order valence-corrected chi connectivity index (χ0v) is 12.5. The zero-order valence-electron chi connectivity index (χ0n) is 11.7. The molecular formula is C14H22ClN3O2. The van der Waals surface area contributed by atoms with Crippen molar-refractivity contribution in [2.75, 3.05) is 25.0 Å². The van der Waals surface area contributed by atoms with E-state index in [1.807, 2.05) is 37.4 Å². The van der Waals surface area contributed by atoms with Crippen molar-refractivity contribution in [3.8, 4) is 0 Å². The number of carbonyl (C=O) groups is 2. The van der Waals surface area contributed by atoms with Crippen LogP contribution in [0.1, 0.15) is 19.3 Å². The topological polar surface area (TPSA) is 75.4 Å². The van der Waals surface area contributed by atoms with Crippen LogP contribution in [-0.2, 0) is 9.59 Å². The normalized spacial score (nSPS) is 9.65. The monoisotopic (exact) mass is 299 g/mol. The second-order valence-corrected chi connectivity index (χ2v) is 4.30. The number of hydrogen-bond acceptors (Lipinski definition) is 3. The molecule has 0 atom stereocenters. The minimum atomic E-state index is -0.399. The van der Waals surface area contributed by atoms with E-state index >= 15 is 0 Å². The first-order chi connectivity index (χ1) is 9.15. The van der Waals surface area contributed by atoms with Gasteiger partial charge in [0.15, 0.2) is 0 Å². The van der Waals surface area contributed by atoms with Crippen LogP contribution in [0.3, 0.4) is 0 Å². The van der Waals surface area contributed by atoms with Crippen LogP contribution in [0.4, 0.5) is 5.69 Å². The quantitative estimate of drug-likeness (QED) is 0.711. The highest BCUT2D eigenvalue weighted by Gasteiger charge is 2.15. The molecule has 0 heterocycles. The van der Waals surface area contributed by atoms with Crippen LogP contribution in [0.5, 0.6) is 0 Å². The van der Waals surface area contributed by atoms with E-state index in [9.17, 15) is 9.59 Å². The molecule has 20 heavy (non-hydrogen) atoms. The number of nitrogens with zero attached hydrogens (tertiary/aromatic N) is 1. The average Bonchev–Trinajstić information content (AvgIpc) is 2.40. The predicted molar refractivity (Wildman–Crippen MR) is 83.0 cm³/mol. The van der Waals surface area contributed by atoms with E-state index in [1.165, 1.54) is 0 Å². The van der Waals surface area contributed by atoms with Crippen molar-refractivity contribution < 1.29 is 9.59 Å². The van der Waals surface area contributed by atoms with Crippen LogP contribution in [0.2, 0.25) is 0 Å². The van der Waals surface area contributed by atoms with Crippen LogP contribution in [0.15, 0.2) is 30.3 Å². The molecular weight excluding hydrogens is 278 g/mol. The van der Waals surface area contributed by atoms with Gasteiger partial charge in [0, 0.05) is 25.1 Å². The van der Waals surface area contributed by atoms with Crippen LogP contribution in [0.25, 0.3) is 0 Å². The molecule has 0 bridgehead atoms. The lowest BCUT2D eigenvalue weighted by Crippen LogP contribution is -2.34. The van der Waals surface area contributed by atoms with Crippen molar-refractivity contribution in [1.82, 2.24) is 5.32 Å². The Labute approximate surface area is 125 Å². The number of primary amides is 1. The number of rotatable bonds is 8. The molecule has 0 aliphatic carbocycles. The second kappa shape index (κ2) is 10.2. The molecule has 6 heteroatoms. The fourth-order valence-corrected chi connectivity index (χ4v) is 1.78. The Hall–Kier alpha value is -1.59. The molecule has 112 valence electrons. The SMILES string of the molecule is CNCCCC(=O)N(CCC(N)=O)c1ccccc1.Cl. The smallest absolute Gasteiger partial charge is 0.227 e. The Morgan fingerprint density at radius 3 is 2.40 bits per heavy atom. The number of halogens is 1. The summed E-state index contributed by atoms with van der Waals surface area (Å²) in [6.07, 6.45) is 1.40. The molecule has 0 aliphatic heterocycles. The first-order valence-corrected chi connectivity index (χ1v) is 6.43. The summed E-state index contributed by atoms with van der Waals surface area (Å²) in [7, 11) is 1.85. The van der Waals surface area contributed by atoms with E-state index in [-0.39, 0.29) is 24.7 Å². The highest BCUT2D eigenvalue weighted by molar-refractivity contribution is 5.93. The van der Waals surface area contributed by atoms with Crippen LogP contribution in [-0.4, -0.2) is 32.0 Å². The average molecular weight is 300 g/mol. The zero-order chi connectivity index (χ0) is 14.1. The second-order valence-electron chi connectivity index (χ2n) is 4.30. The Morgan fingerprint density at radius 1 is 1.20 bits per heavy atom. The minimum absolute atomic E-state index is 0. The maximum Gasteiger partial charge on any atom is 0.227 e. The van der Waals surface area contributed by atoms with Gasteiger partial charge in [0.2, 0.25) is 11.8 Å². The number of para-hydroxylation sites is 1. The lowest BCUT2D eigenvalue weighted by molar-refractivity contribution is -0.119. The fraction of sp³-hybridized carbons (Fsp3) is 0.429. The van der Waals surface area contributed by atoms with Gasteiger partial charge in [-0.05, 0) is 32.1 Å². The van der Waals surface area contributed by atoms with Gasteiger partial charge in [0.1, 0.15) is 0 Å². The molecule has 0 aromatic heterocycles. The van der Waals surface area contributed by atoms with E-state index in [1.54, 1.807) is 4.90 Å². The molecule has 0 radical (unpaired) electrons. The van der Waals surface area contributed by atoms with E-state index in [2.05, 4.69) is 5.32 Å². The Morgan fingerprint density at radius 2 is 1.85 bits per heavy atom. The van der Waals surface area contributed by atoms with E-state index in [4.69, 9.17) is 5.73 Å². The molecule has 0 saturated carbocycles. The summed E-state index contributed by atoms with van der Waals surface area (Å²) in [5.74, 6) is -0.383. The van der Waals surface area contributed by atoms with Crippen molar-refractivity contribution in [2.45, 2.75) is 19.3 Å². The van der Waals surface area contributed by atoms with Crippen molar-refractivity contribution in [3.63, 3.8) is 0 Å². The van der Waals surface area contributed by atoms with E-state index < -0.39 is 5.91 Å². The summed E-state index contributed by atoms with van der Waals surface area (Å²) < 4.78 is 0. The first kappa shape index (κ1) is 18.4. The standard InChI is InChI=1S/C14H21N3O2.ClH/c1-16-10-5-8-14(19)17(11-9-13(15)18)12-6-3-2-4-7-12;/h2-4,6-7,16H,5,8-11H2,1H3,(H2,15,18);1H. The van der Waals surface area contributed by atoms with Gasteiger partial charge in [-0.2, -0.15) is 0 Å². The molecule has 1 aromatic rings. The van der Waals surface area contributed by atoms with Crippen molar-refractivity contribution in [3.05, 3.63) is 30.3 Å². The third kappa shape index (κ3) is 6.54. The van der Waals surface area contributed by atoms with E-state index in [0.717, 1.165) is 18.7 Å². The maximum atomic E-state index is 12.2. The molecule has 2 amide bonds. The number of anilines is 1. The molecule has 1 rings (SSSR count). The summed E-state index contributed by atoms with van der Waals surface area (Å²) in [6, 6.07) is 9.34. The van der Waals surface area contributed by atoms with Gasteiger partial charge in [-0.15, -0.1) is 12.4 Å². The molecule has 0 fully saturated rings. The third-order valence-corrected chi connectivity index (χ3v) is 2.77. The molecule has 0 unspecified atom stereocenters. The van der Waals surface area contributed by atoms with Crippen LogP contribution < -0.4 is 16.0 Å². The number of nitrogens with two attached hydrogens (primary N) is 1.